The number of hydrogen-bond acceptors (Lipinski definition) is 2. The third-order valence-corrected chi connectivity index (χ3v) is 1.51. The summed E-state index contributed by atoms with van der Waals surface area (Å²) < 4.78 is 0. The maximum Gasteiger partial charge on any atom is 0.220 e. The Labute approximate surface area is 73.2 Å². The van der Waals surface area contributed by atoms with Gasteiger partial charge in [-0.3, -0.25) is 4.79 Å². The van der Waals surface area contributed by atoms with Gasteiger partial charge in [0.1, 0.15) is 0 Å². The van der Waals surface area contributed by atoms with Gasteiger partial charge in [0.25, 0.3) is 0 Å². The molecule has 0 fully saturated rings. The molecule has 0 spiro atoms. The molecule has 0 bridgehead atoms. The average Bonchev–Trinajstić information content (AvgIpc) is 2.00. The molecule has 0 aromatic heterocycles. The van der Waals surface area contributed by atoms with Crippen molar-refractivity contribution in [3.05, 3.63) is 0 Å². The number of rotatable bonds is 4. The molecular weight excluding hydrogens is 158 g/mol. The molecular formula is C8H13NOS. The summed E-state index contributed by atoms with van der Waals surface area (Å²) in [7, 11) is 0. The van der Waals surface area contributed by atoms with E-state index in [1.807, 2.05) is 0 Å². The van der Waals surface area contributed by atoms with Crippen molar-refractivity contribution in [3.63, 3.8) is 0 Å². The Balaban J connectivity index is 3.46. The first-order valence-electron chi connectivity index (χ1n) is 3.57. The van der Waals surface area contributed by atoms with Gasteiger partial charge in [0.2, 0.25) is 5.91 Å². The maximum absolute atomic E-state index is 10.9. The minimum atomic E-state index is -0.164. The van der Waals surface area contributed by atoms with Crippen molar-refractivity contribution in [2.75, 3.05) is 5.75 Å². The summed E-state index contributed by atoms with van der Waals surface area (Å²) in [4.78, 5) is 10.9. The van der Waals surface area contributed by atoms with Crippen molar-refractivity contribution in [2.45, 2.75) is 25.8 Å². The quantitative estimate of drug-likeness (QED) is 0.476. The monoisotopic (exact) mass is 171 g/mol. The van der Waals surface area contributed by atoms with Crippen LogP contribution in [0.5, 0.6) is 0 Å². The fourth-order valence-corrected chi connectivity index (χ4v) is 0.753. The average molecular weight is 171 g/mol. The molecule has 0 aliphatic heterocycles. The van der Waals surface area contributed by atoms with Crippen LogP contribution in [0.2, 0.25) is 0 Å². The molecule has 0 saturated heterocycles. The minimum Gasteiger partial charge on any atom is -0.343 e. The second-order valence-electron chi connectivity index (χ2n) is 2.28. The second kappa shape index (κ2) is 6.11. The zero-order valence-corrected chi connectivity index (χ0v) is 7.53. The molecule has 0 saturated carbocycles. The lowest BCUT2D eigenvalue weighted by Gasteiger charge is -2.05. The van der Waals surface area contributed by atoms with Gasteiger partial charge in [-0.1, -0.05) is 5.92 Å². The lowest BCUT2D eigenvalue weighted by Crippen LogP contribution is -2.31. The highest BCUT2D eigenvalue weighted by molar-refractivity contribution is 7.80. The summed E-state index contributed by atoms with van der Waals surface area (Å²) in [5.41, 5.74) is 0. The summed E-state index contributed by atoms with van der Waals surface area (Å²) in [6.07, 6.45) is 6.38. The van der Waals surface area contributed by atoms with Crippen LogP contribution in [0, 0.1) is 12.3 Å². The number of carbonyl (C=O) groups excluding carboxylic acids is 1. The fraction of sp³-hybridized carbons (Fsp3) is 0.625. The predicted octanol–water partition coefficient (Wildman–Crippen LogP) is 0.834. The third-order valence-electron chi connectivity index (χ3n) is 1.19. The zero-order chi connectivity index (χ0) is 8.69. The lowest BCUT2D eigenvalue weighted by molar-refractivity contribution is -0.121. The first kappa shape index (κ1) is 10.4. The molecule has 0 heterocycles. The maximum atomic E-state index is 10.9. The van der Waals surface area contributed by atoms with Crippen LogP contribution in [0.3, 0.4) is 0 Å². The molecule has 3 heteroatoms. The molecule has 1 unspecified atom stereocenters. The van der Waals surface area contributed by atoms with Gasteiger partial charge in [0.15, 0.2) is 0 Å². The lowest BCUT2D eigenvalue weighted by atomic mass is 10.3. The smallest absolute Gasteiger partial charge is 0.220 e. The standard InChI is InChI=1S/C8H13NOS/c1-3-7(2)9-8(10)5-4-6-11/h1,7,11H,4-6H2,2H3,(H,9,10). The van der Waals surface area contributed by atoms with E-state index in [9.17, 15) is 4.79 Å². The Morgan fingerprint density at radius 3 is 2.91 bits per heavy atom. The van der Waals surface area contributed by atoms with Gasteiger partial charge in [-0.2, -0.15) is 12.6 Å². The van der Waals surface area contributed by atoms with E-state index in [-0.39, 0.29) is 11.9 Å². The predicted molar refractivity (Wildman–Crippen MR) is 49.5 cm³/mol. The van der Waals surface area contributed by atoms with E-state index in [4.69, 9.17) is 6.42 Å². The molecule has 1 atom stereocenters. The summed E-state index contributed by atoms with van der Waals surface area (Å²) in [5, 5.41) is 2.66. The largest absolute Gasteiger partial charge is 0.343 e. The van der Waals surface area contributed by atoms with Crippen molar-refractivity contribution in [2.24, 2.45) is 0 Å². The van der Waals surface area contributed by atoms with Crippen LogP contribution in [0.15, 0.2) is 0 Å². The molecule has 0 aliphatic rings. The van der Waals surface area contributed by atoms with E-state index in [0.29, 0.717) is 6.42 Å². The zero-order valence-electron chi connectivity index (χ0n) is 6.63. The Kier molecular flexibility index (Phi) is 5.77. The molecule has 0 aliphatic carbocycles. The van der Waals surface area contributed by atoms with Crippen LogP contribution in [0.1, 0.15) is 19.8 Å². The molecule has 62 valence electrons. The van der Waals surface area contributed by atoms with Gasteiger partial charge < -0.3 is 5.32 Å². The van der Waals surface area contributed by atoms with Crippen LogP contribution in [-0.4, -0.2) is 17.7 Å². The molecule has 0 radical (unpaired) electrons. The second-order valence-corrected chi connectivity index (χ2v) is 2.73. The van der Waals surface area contributed by atoms with Crippen molar-refractivity contribution < 1.29 is 4.79 Å². The van der Waals surface area contributed by atoms with Crippen LogP contribution < -0.4 is 5.32 Å². The Bertz CT molecular complexity index is 162. The number of terminal acetylenes is 1. The molecule has 11 heavy (non-hydrogen) atoms. The highest BCUT2D eigenvalue weighted by Crippen LogP contribution is 1.91. The highest BCUT2D eigenvalue weighted by atomic mass is 32.1. The van der Waals surface area contributed by atoms with Crippen molar-refractivity contribution in [1.82, 2.24) is 5.32 Å². The van der Waals surface area contributed by atoms with Crippen molar-refractivity contribution in [1.29, 1.82) is 0 Å². The van der Waals surface area contributed by atoms with E-state index in [1.54, 1.807) is 6.92 Å². The van der Waals surface area contributed by atoms with E-state index in [1.165, 1.54) is 0 Å². The Morgan fingerprint density at radius 2 is 2.45 bits per heavy atom. The number of thiol groups is 1. The number of nitrogens with one attached hydrogen (secondary N) is 1. The van der Waals surface area contributed by atoms with E-state index < -0.39 is 0 Å². The fourth-order valence-electron chi connectivity index (χ4n) is 0.595. The van der Waals surface area contributed by atoms with E-state index in [2.05, 4.69) is 23.9 Å². The topological polar surface area (TPSA) is 29.1 Å². The third kappa shape index (κ3) is 5.81. The summed E-state index contributed by atoms with van der Waals surface area (Å²) in [5.74, 6) is 3.16. The van der Waals surface area contributed by atoms with Crippen LogP contribution in [0.4, 0.5) is 0 Å². The van der Waals surface area contributed by atoms with Gasteiger partial charge in [0, 0.05) is 6.42 Å². The number of carbonyl (C=O) groups is 1. The highest BCUT2D eigenvalue weighted by Gasteiger charge is 2.02. The molecule has 2 nitrogen and oxygen atoms in total. The first-order chi connectivity index (χ1) is 5.20. The summed E-state index contributed by atoms with van der Waals surface area (Å²) in [6, 6.07) is -0.164. The number of hydrogen-bond donors (Lipinski definition) is 2. The molecule has 1 amide bonds. The van der Waals surface area contributed by atoms with Crippen LogP contribution in [-0.2, 0) is 4.79 Å². The van der Waals surface area contributed by atoms with Crippen LogP contribution >= 0.6 is 12.6 Å². The van der Waals surface area contributed by atoms with E-state index >= 15 is 0 Å². The van der Waals surface area contributed by atoms with Gasteiger partial charge >= 0.3 is 0 Å². The molecule has 0 rings (SSSR count). The first-order valence-corrected chi connectivity index (χ1v) is 4.20. The Morgan fingerprint density at radius 1 is 1.82 bits per heavy atom. The van der Waals surface area contributed by atoms with Gasteiger partial charge in [0.05, 0.1) is 6.04 Å². The van der Waals surface area contributed by atoms with Crippen molar-refractivity contribution in [3.8, 4) is 12.3 Å². The number of amides is 1. The van der Waals surface area contributed by atoms with E-state index in [0.717, 1.165) is 12.2 Å². The van der Waals surface area contributed by atoms with Gasteiger partial charge in [-0.15, -0.1) is 6.42 Å². The molecule has 0 aromatic carbocycles. The summed E-state index contributed by atoms with van der Waals surface area (Å²) >= 11 is 3.99. The van der Waals surface area contributed by atoms with Gasteiger partial charge in [-0.05, 0) is 19.1 Å². The summed E-state index contributed by atoms with van der Waals surface area (Å²) in [6.45, 7) is 1.78. The normalized spacial score (nSPS) is 11.7. The van der Waals surface area contributed by atoms with Gasteiger partial charge in [-0.25, -0.2) is 0 Å². The van der Waals surface area contributed by atoms with Crippen molar-refractivity contribution >= 4 is 18.5 Å². The minimum absolute atomic E-state index is 0.00417. The molecule has 0 aromatic rings. The van der Waals surface area contributed by atoms with Crippen LogP contribution in [0.25, 0.3) is 0 Å². The Hall–Kier alpha value is -0.620. The molecule has 1 N–H and O–H groups in total. The SMILES string of the molecule is C#CC(C)NC(=O)CCCS.